The van der Waals surface area contributed by atoms with E-state index in [-0.39, 0.29) is 34.5 Å². The van der Waals surface area contributed by atoms with E-state index >= 15 is 0 Å². The Balaban J connectivity index is 2.30. The van der Waals surface area contributed by atoms with Crippen LogP contribution in [0.15, 0.2) is 53.4 Å². The highest BCUT2D eigenvalue weighted by Crippen LogP contribution is 2.30. The van der Waals surface area contributed by atoms with Crippen molar-refractivity contribution in [1.82, 2.24) is 5.32 Å². The molecule has 0 heterocycles. The van der Waals surface area contributed by atoms with E-state index in [4.69, 9.17) is 11.6 Å². The third kappa shape index (κ3) is 5.70. The largest absolute Gasteiger partial charge is 0.325 e. The molecule has 2 N–H and O–H groups in total. The quantitative estimate of drug-likeness (QED) is 0.708. The number of carbonyl (C=O) groups excluding carboxylic acids is 1. The second kappa shape index (κ2) is 8.94. The smallest absolute Gasteiger partial charge is 0.265 e. The second-order valence-corrected chi connectivity index (χ2v) is 9.54. The maximum atomic E-state index is 13.2. The molecule has 0 aromatic heterocycles. The van der Waals surface area contributed by atoms with E-state index in [0.717, 1.165) is 0 Å². The van der Waals surface area contributed by atoms with Gasteiger partial charge in [0.1, 0.15) is 4.90 Å². The van der Waals surface area contributed by atoms with Crippen molar-refractivity contribution < 1.29 is 13.2 Å². The summed E-state index contributed by atoms with van der Waals surface area (Å²) in [6, 6.07) is 13.2. The minimum Gasteiger partial charge on any atom is -0.325 e. The highest BCUT2D eigenvalue weighted by Gasteiger charge is 2.26. The molecule has 0 fully saturated rings. The number of hydrogen-bond acceptors (Lipinski definition) is 4. The standard InChI is InChI=1S/C20H26ClN3O3S/c1-5-24(16-9-7-6-8-10-16)28(26,27)18-13-15(11-12-17(18)21)23-19(25)14-22-20(2,3)4/h6-13,22H,5,14H2,1-4H3,(H,23,25). The van der Waals surface area contributed by atoms with E-state index in [1.807, 2.05) is 26.8 Å². The fourth-order valence-corrected chi connectivity index (χ4v) is 4.51. The van der Waals surface area contributed by atoms with Gasteiger partial charge >= 0.3 is 0 Å². The Hall–Kier alpha value is -2.09. The first-order valence-corrected chi connectivity index (χ1v) is 10.8. The van der Waals surface area contributed by atoms with E-state index in [1.54, 1.807) is 37.3 Å². The van der Waals surface area contributed by atoms with Crippen LogP contribution in [0.5, 0.6) is 0 Å². The molecule has 6 nitrogen and oxygen atoms in total. The average Bonchev–Trinajstić information content (AvgIpc) is 2.62. The van der Waals surface area contributed by atoms with Gasteiger partial charge in [-0.05, 0) is 58.0 Å². The van der Waals surface area contributed by atoms with E-state index in [9.17, 15) is 13.2 Å². The molecule has 0 aliphatic carbocycles. The third-order valence-corrected chi connectivity index (χ3v) is 6.28. The van der Waals surface area contributed by atoms with Gasteiger partial charge in [0.05, 0.1) is 17.3 Å². The number of hydrogen-bond donors (Lipinski definition) is 2. The molecule has 2 rings (SSSR count). The summed E-state index contributed by atoms with van der Waals surface area (Å²) in [6.45, 7) is 7.97. The van der Waals surface area contributed by atoms with Crippen LogP contribution in [0.2, 0.25) is 5.02 Å². The van der Waals surface area contributed by atoms with E-state index in [0.29, 0.717) is 11.4 Å². The molecule has 8 heteroatoms. The molecule has 0 saturated heterocycles. The number of carbonyl (C=O) groups is 1. The number of para-hydroxylation sites is 1. The molecule has 0 aliphatic rings. The molecule has 0 unspecified atom stereocenters. The Bertz CT molecular complexity index is 925. The number of sulfonamides is 1. The summed E-state index contributed by atoms with van der Waals surface area (Å²) in [5, 5.41) is 5.89. The van der Waals surface area contributed by atoms with Crippen molar-refractivity contribution in [2.45, 2.75) is 38.1 Å². The van der Waals surface area contributed by atoms with Crippen LogP contribution in [0, 0.1) is 0 Å². The van der Waals surface area contributed by atoms with Gasteiger partial charge in [0.15, 0.2) is 0 Å². The number of anilines is 2. The number of amides is 1. The summed E-state index contributed by atoms with van der Waals surface area (Å²) in [5.41, 5.74) is 0.709. The van der Waals surface area contributed by atoms with Gasteiger partial charge in [0.25, 0.3) is 10.0 Å². The van der Waals surface area contributed by atoms with Gasteiger partial charge in [-0.25, -0.2) is 8.42 Å². The van der Waals surface area contributed by atoms with Gasteiger partial charge in [-0.15, -0.1) is 0 Å². The summed E-state index contributed by atoms with van der Waals surface area (Å²) in [6.07, 6.45) is 0. The molecule has 0 aliphatic heterocycles. The van der Waals surface area contributed by atoms with Crippen molar-refractivity contribution in [3.63, 3.8) is 0 Å². The van der Waals surface area contributed by atoms with E-state index < -0.39 is 10.0 Å². The normalized spacial score (nSPS) is 11.9. The molecule has 0 spiro atoms. The highest BCUT2D eigenvalue weighted by atomic mass is 35.5. The number of nitrogens with one attached hydrogen (secondary N) is 2. The average molecular weight is 424 g/mol. The molecule has 0 saturated carbocycles. The van der Waals surface area contributed by atoms with Crippen LogP contribution in [0.1, 0.15) is 27.7 Å². The topological polar surface area (TPSA) is 78.5 Å². The number of benzene rings is 2. The van der Waals surface area contributed by atoms with Crippen molar-refractivity contribution in [3.8, 4) is 0 Å². The Morgan fingerprint density at radius 1 is 1.11 bits per heavy atom. The Labute approximate surface area is 171 Å². The van der Waals surface area contributed by atoms with Crippen LogP contribution in [-0.2, 0) is 14.8 Å². The predicted octanol–water partition coefficient (Wildman–Crippen LogP) is 3.88. The van der Waals surface area contributed by atoms with Crippen molar-refractivity contribution in [3.05, 3.63) is 53.6 Å². The van der Waals surface area contributed by atoms with E-state index in [2.05, 4.69) is 10.6 Å². The molecular formula is C20H26ClN3O3S. The number of halogens is 1. The number of nitrogens with zero attached hydrogens (tertiary/aromatic N) is 1. The molecule has 0 atom stereocenters. The highest BCUT2D eigenvalue weighted by molar-refractivity contribution is 7.93. The van der Waals surface area contributed by atoms with Gasteiger partial charge in [-0.1, -0.05) is 29.8 Å². The van der Waals surface area contributed by atoms with Gasteiger partial charge in [-0.3, -0.25) is 9.10 Å². The van der Waals surface area contributed by atoms with Gasteiger partial charge < -0.3 is 10.6 Å². The molecule has 0 bridgehead atoms. The van der Waals surface area contributed by atoms with Crippen LogP contribution in [0.25, 0.3) is 0 Å². The molecule has 2 aromatic carbocycles. The lowest BCUT2D eigenvalue weighted by atomic mass is 10.1. The van der Waals surface area contributed by atoms with Crippen molar-refractivity contribution in [2.75, 3.05) is 22.7 Å². The Morgan fingerprint density at radius 2 is 1.75 bits per heavy atom. The molecule has 0 radical (unpaired) electrons. The van der Waals surface area contributed by atoms with Crippen molar-refractivity contribution in [1.29, 1.82) is 0 Å². The van der Waals surface area contributed by atoms with Crippen LogP contribution in [-0.4, -0.2) is 33.0 Å². The molecule has 2 aromatic rings. The van der Waals surface area contributed by atoms with Gasteiger partial charge in [-0.2, -0.15) is 0 Å². The van der Waals surface area contributed by atoms with Crippen LogP contribution in [0.4, 0.5) is 11.4 Å². The lowest BCUT2D eigenvalue weighted by molar-refractivity contribution is -0.115. The summed E-state index contributed by atoms with van der Waals surface area (Å²) < 4.78 is 27.7. The zero-order chi connectivity index (χ0) is 20.9. The zero-order valence-corrected chi connectivity index (χ0v) is 18.1. The number of rotatable bonds is 7. The van der Waals surface area contributed by atoms with Crippen molar-refractivity contribution in [2.24, 2.45) is 0 Å². The zero-order valence-electron chi connectivity index (χ0n) is 16.5. The van der Waals surface area contributed by atoms with Crippen LogP contribution >= 0.6 is 11.6 Å². The first-order valence-electron chi connectivity index (χ1n) is 8.97. The first-order chi connectivity index (χ1) is 13.0. The van der Waals surface area contributed by atoms with Crippen LogP contribution < -0.4 is 14.9 Å². The summed E-state index contributed by atoms with van der Waals surface area (Å²) in [4.78, 5) is 12.1. The fourth-order valence-electron chi connectivity index (χ4n) is 2.53. The minimum absolute atomic E-state index is 0.0542. The Kier molecular flexibility index (Phi) is 7.09. The second-order valence-electron chi connectivity index (χ2n) is 7.30. The summed E-state index contributed by atoms with van der Waals surface area (Å²) in [5.74, 6) is -0.268. The van der Waals surface area contributed by atoms with Gasteiger partial charge in [0, 0.05) is 17.8 Å². The maximum Gasteiger partial charge on any atom is 0.265 e. The van der Waals surface area contributed by atoms with Gasteiger partial charge in [0.2, 0.25) is 5.91 Å². The first kappa shape index (κ1) is 22.2. The Morgan fingerprint density at radius 3 is 2.32 bits per heavy atom. The summed E-state index contributed by atoms with van der Waals surface area (Å²) >= 11 is 6.20. The lowest BCUT2D eigenvalue weighted by Gasteiger charge is -2.24. The van der Waals surface area contributed by atoms with Crippen molar-refractivity contribution >= 4 is 38.9 Å². The minimum atomic E-state index is -3.89. The predicted molar refractivity (Wildman–Crippen MR) is 114 cm³/mol. The molecule has 152 valence electrons. The maximum absolute atomic E-state index is 13.2. The monoisotopic (exact) mass is 423 g/mol. The fraction of sp³-hybridized carbons (Fsp3) is 0.350. The molecule has 28 heavy (non-hydrogen) atoms. The molecular weight excluding hydrogens is 398 g/mol. The molecule has 1 amide bonds. The lowest BCUT2D eigenvalue weighted by Crippen LogP contribution is -2.41. The third-order valence-electron chi connectivity index (χ3n) is 3.89. The summed E-state index contributed by atoms with van der Waals surface area (Å²) in [7, 11) is -3.89. The SMILES string of the molecule is CCN(c1ccccc1)S(=O)(=O)c1cc(NC(=O)CNC(C)(C)C)ccc1Cl. The van der Waals surface area contributed by atoms with E-state index in [1.165, 1.54) is 16.4 Å². The van der Waals surface area contributed by atoms with Crippen LogP contribution in [0.3, 0.4) is 0 Å².